The lowest BCUT2D eigenvalue weighted by molar-refractivity contribution is 0.123. The van der Waals surface area contributed by atoms with Gasteiger partial charge in [-0.15, -0.1) is 6.42 Å². The molecule has 2 amide bonds. The fourth-order valence-corrected chi connectivity index (χ4v) is 3.76. The highest BCUT2D eigenvalue weighted by atomic mass is 16.2. The fraction of sp³-hybridized carbons (Fsp3) is 0.786. The molecule has 3 atom stereocenters. The van der Waals surface area contributed by atoms with Crippen molar-refractivity contribution in [1.82, 2.24) is 10.6 Å². The minimum absolute atomic E-state index is 0.127. The highest BCUT2D eigenvalue weighted by Gasteiger charge is 2.61. The number of carbonyl (C=O) groups excluding carboxylic acids is 1. The van der Waals surface area contributed by atoms with Gasteiger partial charge < -0.3 is 10.6 Å². The summed E-state index contributed by atoms with van der Waals surface area (Å²) < 4.78 is 0. The third-order valence-electron chi connectivity index (χ3n) is 5.45. The number of fused-ring (bicyclic) bond motifs is 2. The molecule has 0 saturated heterocycles. The van der Waals surface area contributed by atoms with Crippen molar-refractivity contribution < 1.29 is 4.79 Å². The smallest absolute Gasteiger partial charge is 0.315 e. The molecule has 0 aromatic heterocycles. The van der Waals surface area contributed by atoms with E-state index in [1.165, 1.54) is 12.8 Å². The quantitative estimate of drug-likeness (QED) is 0.706. The first kappa shape index (κ1) is 12.3. The monoisotopic (exact) mass is 234 g/mol. The van der Waals surface area contributed by atoms with Crippen molar-refractivity contribution in [2.75, 3.05) is 6.54 Å². The summed E-state index contributed by atoms with van der Waals surface area (Å²) in [7, 11) is 0. The van der Waals surface area contributed by atoms with Gasteiger partial charge in [-0.25, -0.2) is 4.79 Å². The largest absolute Gasteiger partial charge is 0.335 e. The van der Waals surface area contributed by atoms with E-state index in [4.69, 9.17) is 6.42 Å². The Balaban J connectivity index is 2.01. The zero-order chi connectivity index (χ0) is 12.7. The molecule has 0 aromatic rings. The van der Waals surface area contributed by atoms with Crippen molar-refractivity contribution in [2.45, 2.75) is 46.1 Å². The van der Waals surface area contributed by atoms with Gasteiger partial charge in [0.05, 0.1) is 6.54 Å². The molecule has 2 N–H and O–H groups in total. The number of hydrogen-bond donors (Lipinski definition) is 2. The van der Waals surface area contributed by atoms with Gasteiger partial charge in [0, 0.05) is 6.04 Å². The standard InChI is InChI=1S/C14H22N2O/c1-5-8-15-12(17)16-11-9-10-6-7-14(11,4)13(10,2)3/h1,10-11H,6-9H2,2-4H3,(H2,15,16,17)/t10-,11+,14-/m1/s1. The van der Waals surface area contributed by atoms with Crippen LogP contribution in [0.1, 0.15) is 40.0 Å². The summed E-state index contributed by atoms with van der Waals surface area (Å²) in [5.41, 5.74) is 0.558. The molecule has 0 aromatic carbocycles. The average molecular weight is 234 g/mol. The first-order valence-electron chi connectivity index (χ1n) is 6.39. The molecule has 17 heavy (non-hydrogen) atoms. The lowest BCUT2D eigenvalue weighted by atomic mass is 9.69. The SMILES string of the molecule is C#CCNC(=O)N[C@H]1C[C@H]2CC[C@@]1(C)C2(C)C. The van der Waals surface area contributed by atoms with Gasteiger partial charge in [-0.05, 0) is 36.0 Å². The van der Waals surface area contributed by atoms with Crippen molar-refractivity contribution >= 4 is 6.03 Å². The molecule has 2 rings (SSSR count). The van der Waals surface area contributed by atoms with E-state index in [9.17, 15) is 4.79 Å². The third kappa shape index (κ3) is 1.71. The molecule has 2 bridgehead atoms. The Morgan fingerprint density at radius 3 is 2.65 bits per heavy atom. The van der Waals surface area contributed by atoms with Crippen molar-refractivity contribution in [2.24, 2.45) is 16.7 Å². The summed E-state index contributed by atoms with van der Waals surface area (Å²) in [6.07, 6.45) is 8.74. The van der Waals surface area contributed by atoms with Gasteiger partial charge in [0.25, 0.3) is 0 Å². The van der Waals surface area contributed by atoms with Gasteiger partial charge in [-0.1, -0.05) is 26.7 Å². The van der Waals surface area contributed by atoms with Crippen LogP contribution in [0.3, 0.4) is 0 Å². The molecule has 3 nitrogen and oxygen atoms in total. The third-order valence-corrected chi connectivity index (χ3v) is 5.45. The Kier molecular flexibility index (Phi) is 2.85. The summed E-state index contributed by atoms with van der Waals surface area (Å²) in [6, 6.07) is 0.159. The zero-order valence-corrected chi connectivity index (χ0v) is 11.0. The minimum Gasteiger partial charge on any atom is -0.335 e. The van der Waals surface area contributed by atoms with Crippen LogP contribution in [-0.2, 0) is 0 Å². The number of carbonyl (C=O) groups is 1. The predicted molar refractivity (Wildman–Crippen MR) is 68.4 cm³/mol. The Bertz CT molecular complexity index is 369. The summed E-state index contributed by atoms with van der Waals surface area (Å²) in [4.78, 5) is 11.7. The van der Waals surface area contributed by atoms with Gasteiger partial charge >= 0.3 is 6.03 Å². The van der Waals surface area contributed by atoms with Crippen LogP contribution in [0.15, 0.2) is 0 Å². The minimum atomic E-state index is -0.127. The Hall–Kier alpha value is -1.17. The van der Waals surface area contributed by atoms with Crippen molar-refractivity contribution in [1.29, 1.82) is 0 Å². The molecule has 0 aliphatic heterocycles. The lowest BCUT2D eigenvalue weighted by Crippen LogP contribution is -2.50. The van der Waals surface area contributed by atoms with Crippen LogP contribution in [0.25, 0.3) is 0 Å². The molecule has 3 heteroatoms. The van der Waals surface area contributed by atoms with Crippen molar-refractivity contribution in [3.05, 3.63) is 0 Å². The number of nitrogens with one attached hydrogen (secondary N) is 2. The van der Waals surface area contributed by atoms with E-state index in [2.05, 4.69) is 37.3 Å². The number of amides is 2. The highest BCUT2D eigenvalue weighted by Crippen LogP contribution is 2.65. The van der Waals surface area contributed by atoms with Gasteiger partial charge in [0.1, 0.15) is 0 Å². The molecule has 0 unspecified atom stereocenters. The van der Waals surface area contributed by atoms with E-state index in [1.807, 2.05) is 0 Å². The summed E-state index contributed by atoms with van der Waals surface area (Å²) in [6.45, 7) is 7.28. The van der Waals surface area contributed by atoms with Gasteiger partial charge in [0.15, 0.2) is 0 Å². The number of hydrogen-bond acceptors (Lipinski definition) is 1. The van der Waals surface area contributed by atoms with Crippen molar-refractivity contribution in [3.8, 4) is 12.3 Å². The second kappa shape index (κ2) is 3.94. The van der Waals surface area contributed by atoms with Gasteiger partial charge in [-0.2, -0.15) is 0 Å². The Morgan fingerprint density at radius 1 is 1.47 bits per heavy atom. The molecule has 2 saturated carbocycles. The molecule has 0 heterocycles. The summed E-state index contributed by atoms with van der Waals surface area (Å²) in [5, 5.41) is 5.77. The number of urea groups is 1. The molecule has 2 aliphatic rings. The first-order valence-corrected chi connectivity index (χ1v) is 6.39. The maximum atomic E-state index is 11.7. The van der Waals surface area contributed by atoms with E-state index in [-0.39, 0.29) is 17.5 Å². The van der Waals surface area contributed by atoms with Crippen molar-refractivity contribution in [3.63, 3.8) is 0 Å². The average Bonchev–Trinajstić information content (AvgIpc) is 2.59. The number of terminal acetylenes is 1. The Labute approximate surface area is 104 Å². The van der Waals surface area contributed by atoms with Crippen LogP contribution in [0.2, 0.25) is 0 Å². The van der Waals surface area contributed by atoms with E-state index in [1.54, 1.807) is 0 Å². The van der Waals surface area contributed by atoms with Crippen LogP contribution in [0.4, 0.5) is 4.79 Å². The Morgan fingerprint density at radius 2 is 2.18 bits per heavy atom. The van der Waals surface area contributed by atoms with Crippen LogP contribution in [0.5, 0.6) is 0 Å². The predicted octanol–water partition coefficient (Wildman–Crippen LogP) is 2.13. The summed E-state index contributed by atoms with van der Waals surface area (Å²) >= 11 is 0. The van der Waals surface area contributed by atoms with Gasteiger partial charge in [-0.3, -0.25) is 0 Å². The zero-order valence-electron chi connectivity index (χ0n) is 11.0. The topological polar surface area (TPSA) is 41.1 Å². The van der Waals surface area contributed by atoms with E-state index < -0.39 is 0 Å². The lowest BCUT2D eigenvalue weighted by Gasteiger charge is -2.39. The number of rotatable bonds is 2. The maximum Gasteiger partial charge on any atom is 0.315 e. The van der Waals surface area contributed by atoms with Crippen LogP contribution < -0.4 is 10.6 Å². The second-order valence-electron chi connectivity index (χ2n) is 6.19. The maximum absolute atomic E-state index is 11.7. The highest BCUT2D eigenvalue weighted by molar-refractivity contribution is 5.74. The molecular weight excluding hydrogens is 212 g/mol. The first-order chi connectivity index (χ1) is 7.91. The molecule has 0 spiro atoms. The molecular formula is C14H22N2O. The van der Waals surface area contributed by atoms with Crippen LogP contribution in [-0.4, -0.2) is 18.6 Å². The second-order valence-corrected chi connectivity index (χ2v) is 6.19. The van der Waals surface area contributed by atoms with Gasteiger partial charge in [0.2, 0.25) is 0 Å². The fourth-order valence-electron chi connectivity index (χ4n) is 3.76. The van der Waals surface area contributed by atoms with E-state index >= 15 is 0 Å². The van der Waals surface area contributed by atoms with E-state index in [0.29, 0.717) is 12.0 Å². The van der Waals surface area contributed by atoms with Crippen LogP contribution in [0, 0.1) is 29.1 Å². The molecule has 2 aliphatic carbocycles. The summed E-state index contributed by atoms with van der Waals surface area (Å²) in [5.74, 6) is 3.15. The normalized spacial score (nSPS) is 37.5. The molecule has 0 radical (unpaired) electrons. The van der Waals surface area contributed by atoms with E-state index in [0.717, 1.165) is 12.3 Å². The molecule has 94 valence electrons. The molecule has 2 fully saturated rings. The van der Waals surface area contributed by atoms with Crippen LogP contribution >= 0.6 is 0 Å².